The molecule has 1 aromatic rings. The van der Waals surface area contributed by atoms with Crippen LogP contribution < -0.4 is 5.32 Å². The topological polar surface area (TPSA) is 71.5 Å². The molecule has 0 aliphatic carbocycles. The van der Waals surface area contributed by atoms with Crippen LogP contribution in [0.2, 0.25) is 0 Å². The predicted octanol–water partition coefficient (Wildman–Crippen LogP) is 0.489. The van der Waals surface area contributed by atoms with Gasteiger partial charge in [0.1, 0.15) is 11.5 Å². The van der Waals surface area contributed by atoms with Crippen LogP contribution in [0, 0.1) is 13.8 Å². The molecule has 6 nitrogen and oxygen atoms in total. The average Bonchev–Trinajstić information content (AvgIpc) is 2.76. The van der Waals surface area contributed by atoms with Crippen LogP contribution in [0.25, 0.3) is 0 Å². The number of aryl methyl sites for hydroxylation is 2. The lowest BCUT2D eigenvalue weighted by molar-refractivity contribution is -0.139. The predicted molar refractivity (Wildman–Crippen MR) is 73.8 cm³/mol. The number of hydrogen-bond acceptors (Lipinski definition) is 5. The molecule has 2 fully saturated rings. The Kier molecular flexibility index (Phi) is 3.47. The molecule has 2 amide bonds. The van der Waals surface area contributed by atoms with Crippen LogP contribution in [-0.4, -0.2) is 53.5 Å². The van der Waals surface area contributed by atoms with Crippen LogP contribution in [-0.2, 0) is 9.53 Å². The lowest BCUT2D eigenvalue weighted by Crippen LogP contribution is -2.61. The number of thiazole rings is 1. The van der Waals surface area contributed by atoms with Gasteiger partial charge in [-0.3, -0.25) is 9.59 Å². The van der Waals surface area contributed by atoms with Gasteiger partial charge >= 0.3 is 0 Å². The molecule has 0 saturated carbocycles. The van der Waals surface area contributed by atoms with Crippen molar-refractivity contribution in [1.29, 1.82) is 0 Å². The fourth-order valence-electron chi connectivity index (χ4n) is 2.76. The van der Waals surface area contributed by atoms with Gasteiger partial charge in [-0.05, 0) is 20.3 Å². The third-order valence-corrected chi connectivity index (χ3v) is 4.77. The Morgan fingerprint density at radius 1 is 1.50 bits per heavy atom. The van der Waals surface area contributed by atoms with Crippen molar-refractivity contribution >= 4 is 23.2 Å². The summed E-state index contributed by atoms with van der Waals surface area (Å²) in [6.07, 6.45) is 0.786. The van der Waals surface area contributed by atoms with E-state index in [2.05, 4.69) is 10.3 Å². The van der Waals surface area contributed by atoms with Gasteiger partial charge in [-0.1, -0.05) is 0 Å². The van der Waals surface area contributed by atoms with Crippen molar-refractivity contribution in [3.05, 3.63) is 15.6 Å². The summed E-state index contributed by atoms with van der Waals surface area (Å²) < 4.78 is 5.50. The fraction of sp³-hybridized carbons (Fsp3) is 0.615. The van der Waals surface area contributed by atoms with E-state index in [9.17, 15) is 9.59 Å². The Labute approximate surface area is 121 Å². The number of fused-ring (bicyclic) bond motifs is 1. The van der Waals surface area contributed by atoms with Gasteiger partial charge in [0, 0.05) is 13.1 Å². The van der Waals surface area contributed by atoms with Crippen LogP contribution in [0.4, 0.5) is 0 Å². The van der Waals surface area contributed by atoms with E-state index in [1.54, 1.807) is 4.90 Å². The Balaban J connectivity index is 1.73. The van der Waals surface area contributed by atoms with E-state index in [1.165, 1.54) is 11.3 Å². The van der Waals surface area contributed by atoms with Gasteiger partial charge in [0.25, 0.3) is 5.91 Å². The largest absolute Gasteiger partial charge is 0.366 e. The molecule has 1 aromatic heterocycles. The van der Waals surface area contributed by atoms with Gasteiger partial charge in [-0.2, -0.15) is 0 Å². The maximum absolute atomic E-state index is 12.5. The van der Waals surface area contributed by atoms with E-state index in [1.807, 2.05) is 13.8 Å². The second-order valence-corrected chi connectivity index (χ2v) is 6.41. The van der Waals surface area contributed by atoms with Crippen molar-refractivity contribution < 1.29 is 14.3 Å². The molecule has 2 aliphatic heterocycles. The van der Waals surface area contributed by atoms with E-state index >= 15 is 0 Å². The molecule has 2 atom stereocenters. The molecule has 20 heavy (non-hydrogen) atoms. The van der Waals surface area contributed by atoms with Crippen molar-refractivity contribution in [2.75, 3.05) is 19.7 Å². The van der Waals surface area contributed by atoms with Crippen LogP contribution in [0.5, 0.6) is 0 Å². The van der Waals surface area contributed by atoms with Crippen LogP contribution >= 0.6 is 11.3 Å². The minimum atomic E-state index is -0.106. The van der Waals surface area contributed by atoms with E-state index in [-0.39, 0.29) is 30.6 Å². The van der Waals surface area contributed by atoms with Gasteiger partial charge in [0.2, 0.25) is 5.91 Å². The first-order valence-corrected chi connectivity index (χ1v) is 7.50. The van der Waals surface area contributed by atoms with Gasteiger partial charge in [-0.15, -0.1) is 11.3 Å². The average molecular weight is 295 g/mol. The Hall–Kier alpha value is -1.47. The maximum atomic E-state index is 12.5. The molecule has 2 aliphatic rings. The van der Waals surface area contributed by atoms with Crippen LogP contribution in [0.3, 0.4) is 0 Å². The van der Waals surface area contributed by atoms with E-state index < -0.39 is 0 Å². The smallest absolute Gasteiger partial charge is 0.265 e. The first kappa shape index (κ1) is 13.5. The van der Waals surface area contributed by atoms with E-state index in [0.29, 0.717) is 18.0 Å². The molecule has 3 rings (SSSR count). The molecule has 3 heterocycles. The number of carbonyl (C=O) groups is 2. The SMILES string of the molecule is Cc1nc(C)c(C(=O)N2CC[C@H]3OCC(=O)N[C@H]3C2)s1. The minimum absolute atomic E-state index is 0.00590. The van der Waals surface area contributed by atoms with Crippen LogP contribution in [0.15, 0.2) is 0 Å². The zero-order chi connectivity index (χ0) is 14.3. The summed E-state index contributed by atoms with van der Waals surface area (Å²) in [5.74, 6) is -0.100. The van der Waals surface area contributed by atoms with Gasteiger partial charge < -0.3 is 15.0 Å². The lowest BCUT2D eigenvalue weighted by atomic mass is 10.0. The number of carbonyl (C=O) groups excluding carboxylic acids is 2. The molecular formula is C13H17N3O3S. The highest BCUT2D eigenvalue weighted by Crippen LogP contribution is 2.23. The molecule has 7 heteroatoms. The molecule has 2 saturated heterocycles. The van der Waals surface area contributed by atoms with Gasteiger partial charge in [-0.25, -0.2) is 4.98 Å². The number of ether oxygens (including phenoxy) is 1. The summed E-state index contributed by atoms with van der Waals surface area (Å²) in [4.78, 5) is 30.7. The van der Waals surface area contributed by atoms with Crippen LogP contribution in [0.1, 0.15) is 26.8 Å². The second kappa shape index (κ2) is 5.14. The maximum Gasteiger partial charge on any atom is 0.265 e. The molecular weight excluding hydrogens is 278 g/mol. The number of aromatic nitrogens is 1. The fourth-order valence-corrected chi connectivity index (χ4v) is 3.65. The molecule has 0 spiro atoms. The zero-order valence-electron chi connectivity index (χ0n) is 11.5. The Bertz CT molecular complexity index is 557. The Morgan fingerprint density at radius 3 is 3.00 bits per heavy atom. The van der Waals surface area contributed by atoms with Crippen molar-refractivity contribution in [3.8, 4) is 0 Å². The third kappa shape index (κ3) is 2.43. The molecule has 0 bridgehead atoms. The highest BCUT2D eigenvalue weighted by molar-refractivity contribution is 7.13. The van der Waals surface area contributed by atoms with E-state index in [4.69, 9.17) is 4.74 Å². The standard InChI is InChI=1S/C13H17N3O3S/c1-7-12(20-8(2)14-7)13(18)16-4-3-10-9(5-16)15-11(17)6-19-10/h9-10H,3-6H2,1-2H3,(H,15,17)/t9-,10+/m0/s1. The molecule has 1 N–H and O–H groups in total. The number of rotatable bonds is 1. The van der Waals surface area contributed by atoms with Gasteiger partial charge in [0.05, 0.1) is 22.8 Å². The number of piperidine rings is 1. The highest BCUT2D eigenvalue weighted by Gasteiger charge is 2.37. The Morgan fingerprint density at radius 2 is 2.30 bits per heavy atom. The highest BCUT2D eigenvalue weighted by atomic mass is 32.1. The zero-order valence-corrected chi connectivity index (χ0v) is 12.3. The number of likely N-dealkylation sites (tertiary alicyclic amines) is 1. The number of morpholine rings is 1. The summed E-state index contributed by atoms with van der Waals surface area (Å²) >= 11 is 1.43. The van der Waals surface area contributed by atoms with Crippen molar-refractivity contribution in [2.24, 2.45) is 0 Å². The lowest BCUT2D eigenvalue weighted by Gasteiger charge is -2.40. The second-order valence-electron chi connectivity index (χ2n) is 5.21. The normalized spacial score (nSPS) is 26.1. The molecule has 0 radical (unpaired) electrons. The van der Waals surface area contributed by atoms with E-state index in [0.717, 1.165) is 17.1 Å². The number of amides is 2. The molecule has 0 aromatic carbocycles. The number of nitrogens with one attached hydrogen (secondary N) is 1. The first-order valence-electron chi connectivity index (χ1n) is 6.69. The van der Waals surface area contributed by atoms with Crippen molar-refractivity contribution in [3.63, 3.8) is 0 Å². The van der Waals surface area contributed by atoms with Crippen molar-refractivity contribution in [1.82, 2.24) is 15.2 Å². The summed E-state index contributed by atoms with van der Waals surface area (Å²) in [5, 5.41) is 3.80. The molecule has 0 unspecified atom stereocenters. The summed E-state index contributed by atoms with van der Waals surface area (Å²) in [5.41, 5.74) is 0.781. The summed E-state index contributed by atoms with van der Waals surface area (Å²) in [6.45, 7) is 5.05. The molecule has 108 valence electrons. The summed E-state index contributed by atoms with van der Waals surface area (Å²) in [6, 6.07) is -0.0942. The number of hydrogen-bond donors (Lipinski definition) is 1. The first-order chi connectivity index (χ1) is 9.54. The quantitative estimate of drug-likeness (QED) is 0.818. The van der Waals surface area contributed by atoms with Crippen molar-refractivity contribution in [2.45, 2.75) is 32.4 Å². The monoisotopic (exact) mass is 295 g/mol. The number of nitrogens with zero attached hydrogens (tertiary/aromatic N) is 2. The third-order valence-electron chi connectivity index (χ3n) is 3.71. The minimum Gasteiger partial charge on any atom is -0.366 e. The van der Waals surface area contributed by atoms with Gasteiger partial charge in [0.15, 0.2) is 0 Å². The summed E-state index contributed by atoms with van der Waals surface area (Å²) in [7, 11) is 0.